The Balaban J connectivity index is 1.74. The summed E-state index contributed by atoms with van der Waals surface area (Å²) >= 11 is 3.50. The van der Waals surface area contributed by atoms with Crippen molar-refractivity contribution in [2.45, 2.75) is 6.54 Å². The fraction of sp³-hybridized carbons (Fsp3) is 0.188. The van der Waals surface area contributed by atoms with E-state index in [1.165, 1.54) is 11.6 Å². The van der Waals surface area contributed by atoms with Crippen molar-refractivity contribution in [1.29, 1.82) is 0 Å². The van der Waals surface area contributed by atoms with Crippen LogP contribution in [0.15, 0.2) is 53.0 Å². The Labute approximate surface area is 131 Å². The number of benzene rings is 2. The third-order valence-electron chi connectivity index (χ3n) is 2.90. The second-order valence-corrected chi connectivity index (χ2v) is 5.30. The maximum Gasteiger partial charge on any atom is 0.335 e. The summed E-state index contributed by atoms with van der Waals surface area (Å²) in [5.74, 6) is -0.384. The molecule has 0 aliphatic carbocycles. The van der Waals surface area contributed by atoms with Crippen LogP contribution in [0.1, 0.15) is 15.9 Å². The van der Waals surface area contributed by atoms with Gasteiger partial charge in [-0.15, -0.1) is 0 Å². The third kappa shape index (κ3) is 4.88. The number of rotatable bonds is 7. The lowest BCUT2D eigenvalue weighted by molar-refractivity contribution is 0.0696. The number of carboxylic acids is 1. The summed E-state index contributed by atoms with van der Waals surface area (Å²) in [7, 11) is 0. The van der Waals surface area contributed by atoms with Crippen molar-refractivity contribution in [3.8, 4) is 5.75 Å². The van der Waals surface area contributed by atoms with E-state index in [0.717, 1.165) is 11.0 Å². The van der Waals surface area contributed by atoms with E-state index in [4.69, 9.17) is 9.84 Å². The molecule has 0 spiro atoms. The van der Waals surface area contributed by atoms with Crippen molar-refractivity contribution >= 4 is 21.9 Å². The number of carboxylic acid groups (broad SMARTS) is 1. The molecule has 0 radical (unpaired) electrons. The monoisotopic (exact) mass is 349 g/mol. The molecule has 2 aromatic rings. The number of halogens is 1. The standard InChI is InChI=1S/C16H16BrNO3/c17-15-7-2-1-4-13(15)11-18-8-9-21-14-6-3-5-12(10-14)16(19)20/h1-7,10,18H,8-9,11H2,(H,19,20). The lowest BCUT2D eigenvalue weighted by Gasteiger charge is -2.09. The van der Waals surface area contributed by atoms with Crippen LogP contribution in [0.25, 0.3) is 0 Å². The van der Waals surface area contributed by atoms with Gasteiger partial charge in [-0.2, -0.15) is 0 Å². The van der Waals surface area contributed by atoms with Crippen molar-refractivity contribution in [3.05, 3.63) is 64.1 Å². The first-order valence-electron chi connectivity index (χ1n) is 6.57. The zero-order chi connectivity index (χ0) is 15.1. The molecule has 0 bridgehead atoms. The number of hydrogen-bond donors (Lipinski definition) is 2. The van der Waals surface area contributed by atoms with Crippen LogP contribution in [0.2, 0.25) is 0 Å². The molecule has 0 unspecified atom stereocenters. The highest BCUT2D eigenvalue weighted by Crippen LogP contribution is 2.15. The second-order valence-electron chi connectivity index (χ2n) is 4.45. The van der Waals surface area contributed by atoms with Crippen molar-refractivity contribution in [1.82, 2.24) is 5.32 Å². The van der Waals surface area contributed by atoms with Gasteiger partial charge >= 0.3 is 5.97 Å². The Kier molecular flexibility index (Phi) is 5.78. The Morgan fingerprint density at radius 1 is 1.19 bits per heavy atom. The minimum absolute atomic E-state index is 0.230. The molecule has 5 heteroatoms. The molecule has 0 aliphatic rings. The van der Waals surface area contributed by atoms with E-state index in [-0.39, 0.29) is 5.56 Å². The van der Waals surface area contributed by atoms with Crippen LogP contribution in [0.4, 0.5) is 0 Å². The zero-order valence-electron chi connectivity index (χ0n) is 11.4. The molecule has 0 aromatic heterocycles. The SMILES string of the molecule is O=C(O)c1cccc(OCCNCc2ccccc2Br)c1. The summed E-state index contributed by atoms with van der Waals surface area (Å²) in [6, 6.07) is 14.5. The van der Waals surface area contributed by atoms with Crippen LogP contribution < -0.4 is 10.1 Å². The van der Waals surface area contributed by atoms with Gasteiger partial charge in [0.25, 0.3) is 0 Å². The van der Waals surface area contributed by atoms with E-state index in [1.54, 1.807) is 18.2 Å². The fourth-order valence-electron chi connectivity index (χ4n) is 1.82. The van der Waals surface area contributed by atoms with Gasteiger partial charge in [0.1, 0.15) is 12.4 Å². The van der Waals surface area contributed by atoms with Gasteiger partial charge in [-0.3, -0.25) is 0 Å². The Morgan fingerprint density at radius 2 is 2.00 bits per heavy atom. The molecule has 110 valence electrons. The van der Waals surface area contributed by atoms with Gasteiger partial charge in [0.05, 0.1) is 5.56 Å². The highest BCUT2D eigenvalue weighted by molar-refractivity contribution is 9.10. The first kappa shape index (κ1) is 15.5. The molecule has 2 aromatic carbocycles. The molecule has 2 N–H and O–H groups in total. The molecule has 0 saturated heterocycles. The molecule has 2 rings (SSSR count). The van der Waals surface area contributed by atoms with Crippen molar-refractivity contribution < 1.29 is 14.6 Å². The first-order chi connectivity index (χ1) is 10.2. The van der Waals surface area contributed by atoms with Crippen molar-refractivity contribution in [2.75, 3.05) is 13.2 Å². The molecule has 0 heterocycles. The lowest BCUT2D eigenvalue weighted by Crippen LogP contribution is -2.20. The molecule has 0 amide bonds. The quantitative estimate of drug-likeness (QED) is 0.753. The summed E-state index contributed by atoms with van der Waals surface area (Å²) in [5, 5.41) is 12.2. The van der Waals surface area contributed by atoms with Gasteiger partial charge in [0.2, 0.25) is 0 Å². The molecule has 21 heavy (non-hydrogen) atoms. The minimum Gasteiger partial charge on any atom is -0.492 e. The fourth-order valence-corrected chi connectivity index (χ4v) is 2.25. The van der Waals surface area contributed by atoms with E-state index >= 15 is 0 Å². The van der Waals surface area contributed by atoms with Gasteiger partial charge in [-0.25, -0.2) is 4.79 Å². The lowest BCUT2D eigenvalue weighted by atomic mass is 10.2. The maximum absolute atomic E-state index is 10.8. The molecule has 0 aliphatic heterocycles. The summed E-state index contributed by atoms with van der Waals surface area (Å²) in [4.78, 5) is 10.8. The summed E-state index contributed by atoms with van der Waals surface area (Å²) in [5.41, 5.74) is 1.42. The van der Waals surface area contributed by atoms with Gasteiger partial charge in [-0.05, 0) is 29.8 Å². The molecule has 0 saturated carbocycles. The maximum atomic E-state index is 10.8. The highest BCUT2D eigenvalue weighted by atomic mass is 79.9. The van der Waals surface area contributed by atoms with Crippen LogP contribution in [-0.2, 0) is 6.54 Å². The van der Waals surface area contributed by atoms with Crippen LogP contribution in [0.3, 0.4) is 0 Å². The molecule has 0 atom stereocenters. The van der Waals surface area contributed by atoms with Crippen LogP contribution in [-0.4, -0.2) is 24.2 Å². The number of hydrogen-bond acceptors (Lipinski definition) is 3. The minimum atomic E-state index is -0.951. The highest BCUT2D eigenvalue weighted by Gasteiger charge is 2.03. The number of aromatic carboxylic acids is 1. The number of ether oxygens (including phenoxy) is 1. The smallest absolute Gasteiger partial charge is 0.335 e. The zero-order valence-corrected chi connectivity index (χ0v) is 13.0. The third-order valence-corrected chi connectivity index (χ3v) is 3.68. The molecule has 4 nitrogen and oxygen atoms in total. The Hall–Kier alpha value is -1.85. The van der Waals surface area contributed by atoms with Gasteiger partial charge < -0.3 is 15.2 Å². The summed E-state index contributed by atoms with van der Waals surface area (Å²) < 4.78 is 6.60. The van der Waals surface area contributed by atoms with E-state index < -0.39 is 5.97 Å². The van der Waals surface area contributed by atoms with Crippen LogP contribution in [0, 0.1) is 0 Å². The largest absolute Gasteiger partial charge is 0.492 e. The van der Waals surface area contributed by atoms with E-state index in [0.29, 0.717) is 18.9 Å². The van der Waals surface area contributed by atoms with Gasteiger partial charge in [-0.1, -0.05) is 40.2 Å². The van der Waals surface area contributed by atoms with Gasteiger partial charge in [0.15, 0.2) is 0 Å². The first-order valence-corrected chi connectivity index (χ1v) is 7.36. The summed E-state index contributed by atoms with van der Waals surface area (Å²) in [6.07, 6.45) is 0. The number of carbonyl (C=O) groups is 1. The average molecular weight is 350 g/mol. The topological polar surface area (TPSA) is 58.6 Å². The van der Waals surface area contributed by atoms with Crippen LogP contribution >= 0.6 is 15.9 Å². The molecular formula is C16H16BrNO3. The second kappa shape index (κ2) is 7.81. The van der Waals surface area contributed by atoms with Crippen molar-refractivity contribution in [3.63, 3.8) is 0 Å². The summed E-state index contributed by atoms with van der Waals surface area (Å²) in [6.45, 7) is 1.91. The molecular weight excluding hydrogens is 334 g/mol. The van der Waals surface area contributed by atoms with E-state index in [1.807, 2.05) is 24.3 Å². The van der Waals surface area contributed by atoms with Gasteiger partial charge in [0, 0.05) is 17.6 Å². The molecule has 0 fully saturated rings. The average Bonchev–Trinajstić information content (AvgIpc) is 2.49. The Bertz CT molecular complexity index is 616. The van der Waals surface area contributed by atoms with E-state index in [9.17, 15) is 4.79 Å². The van der Waals surface area contributed by atoms with E-state index in [2.05, 4.69) is 21.2 Å². The van der Waals surface area contributed by atoms with Crippen LogP contribution in [0.5, 0.6) is 5.75 Å². The van der Waals surface area contributed by atoms with Crippen molar-refractivity contribution in [2.24, 2.45) is 0 Å². The normalized spacial score (nSPS) is 10.3. The number of nitrogens with one attached hydrogen (secondary N) is 1. The predicted octanol–water partition coefficient (Wildman–Crippen LogP) is 3.32. The Morgan fingerprint density at radius 3 is 2.76 bits per heavy atom. The predicted molar refractivity (Wildman–Crippen MR) is 84.7 cm³/mol.